The van der Waals surface area contributed by atoms with Crippen molar-refractivity contribution >= 4 is 0 Å². The summed E-state index contributed by atoms with van der Waals surface area (Å²) in [5.74, 6) is 4.69. The molecule has 0 saturated heterocycles. The zero-order valence-electron chi connectivity index (χ0n) is 7.82. The predicted octanol–water partition coefficient (Wildman–Crippen LogP) is 2.05. The Kier molecular flexibility index (Phi) is 0.820. The summed E-state index contributed by atoms with van der Waals surface area (Å²) in [5, 5.41) is 8.99. The van der Waals surface area contributed by atoms with E-state index < -0.39 is 0 Å². The highest BCUT2D eigenvalue weighted by molar-refractivity contribution is 5.34. The first kappa shape index (κ1) is 6.54. The second-order valence-electron chi connectivity index (χ2n) is 5.45. The van der Waals surface area contributed by atoms with E-state index in [2.05, 4.69) is 34.5 Å². The lowest BCUT2D eigenvalue weighted by Gasteiger charge is -2.39. The monoisotopic (exact) mass is 184 g/mol. The Morgan fingerprint density at radius 2 is 1.29 bits per heavy atom. The Balaban J connectivity index is 1.87. The molecule has 0 amide bonds. The van der Waals surface area contributed by atoms with E-state index in [-0.39, 0.29) is 0 Å². The van der Waals surface area contributed by atoms with E-state index >= 15 is 0 Å². The number of hydrogen-bond acceptors (Lipinski definition) is 2. The van der Waals surface area contributed by atoms with Gasteiger partial charge >= 0.3 is 0 Å². The van der Waals surface area contributed by atoms with Crippen LogP contribution < -0.4 is 0 Å². The first-order chi connectivity index (χ1) is 6.95. The first-order valence-corrected chi connectivity index (χ1v) is 5.72. The maximum absolute atomic E-state index is 4.50. The summed E-state index contributed by atoms with van der Waals surface area (Å²) < 4.78 is 0. The number of allylic oxidation sites excluding steroid dienone is 4. The van der Waals surface area contributed by atoms with E-state index in [0.717, 1.165) is 29.6 Å². The van der Waals surface area contributed by atoms with Crippen LogP contribution in [0.5, 0.6) is 0 Å². The number of nitrogens with zero attached hydrogens (tertiary/aromatic N) is 2. The molecule has 7 aliphatic rings. The van der Waals surface area contributed by atoms with Gasteiger partial charge in [-0.2, -0.15) is 10.2 Å². The van der Waals surface area contributed by atoms with Gasteiger partial charge < -0.3 is 0 Å². The van der Waals surface area contributed by atoms with Crippen LogP contribution in [0.4, 0.5) is 0 Å². The van der Waals surface area contributed by atoms with Gasteiger partial charge in [0.05, 0.1) is 12.1 Å². The largest absolute Gasteiger partial charge is 0.190 e. The molecule has 2 saturated carbocycles. The van der Waals surface area contributed by atoms with Crippen molar-refractivity contribution in [3.8, 4) is 0 Å². The molecule has 7 rings (SSSR count). The van der Waals surface area contributed by atoms with Gasteiger partial charge in [-0.05, 0) is 29.6 Å². The fourth-order valence-corrected chi connectivity index (χ4v) is 4.92. The molecule has 8 bridgehead atoms. The summed E-state index contributed by atoms with van der Waals surface area (Å²) in [4.78, 5) is 0. The third-order valence-electron chi connectivity index (χ3n) is 5.24. The van der Waals surface area contributed by atoms with Gasteiger partial charge in [-0.3, -0.25) is 0 Å². The first-order valence-electron chi connectivity index (χ1n) is 5.72. The highest BCUT2D eigenvalue weighted by Crippen LogP contribution is 2.66. The lowest BCUT2D eigenvalue weighted by atomic mass is 9.66. The lowest BCUT2D eigenvalue weighted by molar-refractivity contribution is 0.164. The number of rotatable bonds is 0. The summed E-state index contributed by atoms with van der Waals surface area (Å²) in [6.45, 7) is 0. The van der Waals surface area contributed by atoms with Crippen LogP contribution in [0.25, 0.3) is 0 Å². The van der Waals surface area contributed by atoms with Crippen molar-refractivity contribution < 1.29 is 0 Å². The average molecular weight is 184 g/mol. The highest BCUT2D eigenvalue weighted by atomic mass is 15.2. The molecule has 2 fully saturated rings. The predicted molar refractivity (Wildman–Crippen MR) is 51.7 cm³/mol. The number of hydrogen-bond donors (Lipinski definition) is 0. The molecule has 0 aromatic heterocycles. The van der Waals surface area contributed by atoms with Crippen molar-refractivity contribution in [1.29, 1.82) is 0 Å². The normalized spacial score (nSPS) is 68.6. The summed E-state index contributed by atoms with van der Waals surface area (Å²) in [6, 6.07) is 1.17. The van der Waals surface area contributed by atoms with Gasteiger partial charge in [-0.15, -0.1) is 0 Å². The molecule has 70 valence electrons. The Bertz CT molecular complexity index is 409. The van der Waals surface area contributed by atoms with Gasteiger partial charge in [-0.25, -0.2) is 0 Å². The van der Waals surface area contributed by atoms with Gasteiger partial charge in [0.2, 0.25) is 0 Å². The molecule has 6 aliphatic carbocycles. The Morgan fingerprint density at radius 3 is 2.07 bits per heavy atom. The summed E-state index contributed by atoms with van der Waals surface area (Å²) in [5.41, 5.74) is 0. The minimum atomic E-state index is 0.580. The van der Waals surface area contributed by atoms with Crippen LogP contribution in [0, 0.1) is 35.5 Å². The van der Waals surface area contributed by atoms with Crippen LogP contribution >= 0.6 is 0 Å². The van der Waals surface area contributed by atoms with Gasteiger partial charge in [0, 0.05) is 5.92 Å². The smallest absolute Gasteiger partial charge is 0.0803 e. The third kappa shape index (κ3) is 0.449. The minimum Gasteiger partial charge on any atom is -0.190 e. The molecule has 2 heteroatoms. The van der Waals surface area contributed by atoms with Gasteiger partial charge in [0.25, 0.3) is 0 Å². The van der Waals surface area contributed by atoms with Crippen molar-refractivity contribution in [2.75, 3.05) is 0 Å². The molecule has 0 spiro atoms. The van der Waals surface area contributed by atoms with Crippen LogP contribution in [0.3, 0.4) is 0 Å². The number of azo groups is 1. The minimum absolute atomic E-state index is 0.580. The maximum Gasteiger partial charge on any atom is 0.0803 e. The topological polar surface area (TPSA) is 24.7 Å². The van der Waals surface area contributed by atoms with Crippen molar-refractivity contribution in [3.05, 3.63) is 24.3 Å². The van der Waals surface area contributed by atoms with E-state index in [1.54, 1.807) is 0 Å². The van der Waals surface area contributed by atoms with Crippen LogP contribution in [-0.2, 0) is 0 Å². The van der Waals surface area contributed by atoms with Crippen LogP contribution in [0.1, 0.15) is 0 Å². The van der Waals surface area contributed by atoms with Gasteiger partial charge in [-0.1, -0.05) is 24.3 Å². The fourth-order valence-electron chi connectivity index (χ4n) is 4.92. The summed E-state index contributed by atoms with van der Waals surface area (Å²) in [7, 11) is 0. The zero-order chi connectivity index (χ0) is 8.86. The fraction of sp³-hybridized carbons (Fsp3) is 0.667. The molecule has 1 heterocycles. The molecule has 0 aromatic carbocycles. The van der Waals surface area contributed by atoms with E-state index in [1.807, 2.05) is 0 Å². The molecule has 8 atom stereocenters. The van der Waals surface area contributed by atoms with Crippen molar-refractivity contribution in [2.24, 2.45) is 45.7 Å². The van der Waals surface area contributed by atoms with Gasteiger partial charge in [0.1, 0.15) is 0 Å². The van der Waals surface area contributed by atoms with E-state index in [9.17, 15) is 0 Å². The van der Waals surface area contributed by atoms with E-state index in [1.165, 1.54) is 0 Å². The van der Waals surface area contributed by atoms with Crippen molar-refractivity contribution in [1.82, 2.24) is 0 Å². The molecular formula is C12H12N2. The van der Waals surface area contributed by atoms with E-state index in [0.29, 0.717) is 18.0 Å². The van der Waals surface area contributed by atoms with Gasteiger partial charge in [0.15, 0.2) is 0 Å². The van der Waals surface area contributed by atoms with Crippen LogP contribution in [0.15, 0.2) is 34.5 Å². The standard InChI is InChI=1S/C12H12N2/c1-3-6-7-4-2-5(1)8-9(6)12-10(7)11(8)13-14-12/h1-12H/t5-,6+,7+,8-,9-,10+,11-,12-/m1/s1. The summed E-state index contributed by atoms with van der Waals surface area (Å²) in [6.07, 6.45) is 9.81. The quantitative estimate of drug-likeness (QED) is 0.515. The lowest BCUT2D eigenvalue weighted by Crippen LogP contribution is -2.39. The van der Waals surface area contributed by atoms with Crippen LogP contribution in [0.2, 0.25) is 0 Å². The Labute approximate surface area is 82.8 Å². The third-order valence-corrected chi connectivity index (χ3v) is 5.24. The zero-order valence-corrected chi connectivity index (χ0v) is 7.82. The Hall–Kier alpha value is -0.920. The molecule has 14 heavy (non-hydrogen) atoms. The molecule has 0 N–H and O–H groups in total. The second-order valence-corrected chi connectivity index (χ2v) is 5.45. The average Bonchev–Trinajstić information content (AvgIpc) is 2.71. The maximum atomic E-state index is 4.50. The highest BCUT2D eigenvalue weighted by Gasteiger charge is 2.68. The van der Waals surface area contributed by atoms with Crippen molar-refractivity contribution in [2.45, 2.75) is 12.1 Å². The van der Waals surface area contributed by atoms with Crippen molar-refractivity contribution in [3.63, 3.8) is 0 Å². The Morgan fingerprint density at radius 1 is 0.643 bits per heavy atom. The SMILES string of the molecule is C1=C[C@H]2[C@@H]3C=C[C@H]1[C@H]1[C@H]4N=N[C@@H]([C@@H]24)[C@H]31. The second kappa shape index (κ2) is 1.75. The molecule has 0 radical (unpaired) electrons. The van der Waals surface area contributed by atoms with Crippen LogP contribution in [-0.4, -0.2) is 12.1 Å². The van der Waals surface area contributed by atoms with E-state index in [4.69, 9.17) is 0 Å². The molecule has 0 aromatic rings. The summed E-state index contributed by atoms with van der Waals surface area (Å²) >= 11 is 0. The molecule has 0 unspecified atom stereocenters. The molecule has 2 nitrogen and oxygen atoms in total. The molecule has 1 aliphatic heterocycles. The molecular weight excluding hydrogens is 172 g/mol.